The molecule has 1 aromatic carbocycles. The van der Waals surface area contributed by atoms with Gasteiger partial charge in [-0.3, -0.25) is 0 Å². The van der Waals surface area contributed by atoms with Crippen LogP contribution in [0, 0.1) is 11.6 Å². The van der Waals surface area contributed by atoms with Crippen molar-refractivity contribution in [2.45, 2.75) is 50.7 Å². The van der Waals surface area contributed by atoms with Gasteiger partial charge >= 0.3 is 6.03 Å². The van der Waals surface area contributed by atoms with Crippen molar-refractivity contribution in [3.63, 3.8) is 0 Å². The molecule has 0 spiro atoms. The molecular weight excluding hydrogens is 290 g/mol. The Hall–Kier alpha value is -1.69. The summed E-state index contributed by atoms with van der Waals surface area (Å²) in [4.78, 5) is 11.8. The molecule has 1 aliphatic carbocycles. The quantitative estimate of drug-likeness (QED) is 0.800. The molecule has 0 aliphatic heterocycles. The zero-order valence-corrected chi connectivity index (χ0v) is 12.6. The van der Waals surface area contributed by atoms with Crippen LogP contribution in [0.4, 0.5) is 13.6 Å². The van der Waals surface area contributed by atoms with Crippen molar-refractivity contribution in [2.24, 2.45) is 0 Å². The summed E-state index contributed by atoms with van der Waals surface area (Å²) >= 11 is 0. The summed E-state index contributed by atoms with van der Waals surface area (Å²) in [5.41, 5.74) is 0.639. The number of rotatable bonds is 4. The van der Waals surface area contributed by atoms with E-state index >= 15 is 0 Å². The second-order valence-corrected chi connectivity index (χ2v) is 5.93. The molecule has 6 heteroatoms. The van der Waals surface area contributed by atoms with E-state index in [-0.39, 0.29) is 24.1 Å². The molecule has 0 radical (unpaired) electrons. The van der Waals surface area contributed by atoms with Crippen LogP contribution in [0.2, 0.25) is 0 Å². The van der Waals surface area contributed by atoms with E-state index in [0.717, 1.165) is 25.0 Å². The topological polar surface area (TPSA) is 61.4 Å². The summed E-state index contributed by atoms with van der Waals surface area (Å²) in [5.74, 6) is -1.87. The van der Waals surface area contributed by atoms with Crippen LogP contribution >= 0.6 is 0 Å². The monoisotopic (exact) mass is 312 g/mol. The number of aliphatic hydroxyl groups is 1. The molecule has 1 fully saturated rings. The molecule has 1 aliphatic rings. The predicted octanol–water partition coefficient (Wildman–Crippen LogP) is 2.67. The lowest BCUT2D eigenvalue weighted by Gasteiger charge is -2.26. The molecule has 1 aromatic rings. The van der Waals surface area contributed by atoms with Crippen molar-refractivity contribution in [3.05, 3.63) is 35.4 Å². The highest BCUT2D eigenvalue weighted by molar-refractivity contribution is 5.74. The van der Waals surface area contributed by atoms with Crippen LogP contribution in [-0.2, 0) is 0 Å². The van der Waals surface area contributed by atoms with Crippen molar-refractivity contribution in [1.29, 1.82) is 0 Å². The number of amides is 2. The summed E-state index contributed by atoms with van der Waals surface area (Å²) < 4.78 is 26.1. The molecule has 0 heterocycles. The van der Waals surface area contributed by atoms with Gasteiger partial charge in [0.1, 0.15) is 0 Å². The number of nitrogens with one attached hydrogen (secondary N) is 2. The Morgan fingerprint density at radius 3 is 2.59 bits per heavy atom. The molecule has 2 rings (SSSR count). The highest BCUT2D eigenvalue weighted by atomic mass is 19.2. The molecule has 2 amide bonds. The Bertz CT molecular complexity index is 517. The predicted molar refractivity (Wildman–Crippen MR) is 79.6 cm³/mol. The molecule has 0 saturated heterocycles. The van der Waals surface area contributed by atoms with E-state index < -0.39 is 11.6 Å². The summed E-state index contributed by atoms with van der Waals surface area (Å²) in [6, 6.07) is 3.58. The average Bonchev–Trinajstić information content (AvgIpc) is 2.50. The number of carbonyl (C=O) groups excluding carboxylic acids is 1. The van der Waals surface area contributed by atoms with Crippen LogP contribution in [0.1, 0.15) is 44.1 Å². The zero-order valence-electron chi connectivity index (χ0n) is 12.6. The fourth-order valence-electron chi connectivity index (χ4n) is 2.64. The van der Waals surface area contributed by atoms with Crippen molar-refractivity contribution < 1.29 is 18.7 Å². The van der Waals surface area contributed by atoms with Crippen LogP contribution in [0.5, 0.6) is 0 Å². The van der Waals surface area contributed by atoms with Gasteiger partial charge in [-0.25, -0.2) is 13.6 Å². The number of carbonyl (C=O) groups is 1. The first kappa shape index (κ1) is 16.7. The summed E-state index contributed by atoms with van der Waals surface area (Å²) in [7, 11) is 0. The number of aliphatic hydroxyl groups excluding tert-OH is 1. The standard InChI is InChI=1S/C16H22F2N2O2/c1-10(11-2-7-14(17)15(18)8-11)9-19-16(22)20-12-3-5-13(21)6-4-12/h2,7-8,10,12-13,21H,3-6,9H2,1H3,(H2,19,20,22). The lowest BCUT2D eigenvalue weighted by molar-refractivity contribution is 0.117. The Kier molecular flexibility index (Phi) is 5.71. The Labute approximate surface area is 128 Å². The summed E-state index contributed by atoms with van der Waals surface area (Å²) in [5, 5.41) is 15.0. The fraction of sp³-hybridized carbons (Fsp3) is 0.562. The first-order chi connectivity index (χ1) is 10.5. The van der Waals surface area contributed by atoms with E-state index in [1.54, 1.807) is 0 Å². The van der Waals surface area contributed by atoms with Crippen molar-refractivity contribution >= 4 is 6.03 Å². The molecule has 4 nitrogen and oxygen atoms in total. The highest BCUT2D eigenvalue weighted by Crippen LogP contribution is 2.19. The highest BCUT2D eigenvalue weighted by Gasteiger charge is 2.20. The van der Waals surface area contributed by atoms with E-state index in [1.165, 1.54) is 6.07 Å². The van der Waals surface area contributed by atoms with Crippen molar-refractivity contribution in [3.8, 4) is 0 Å². The molecule has 0 bridgehead atoms. The van der Waals surface area contributed by atoms with Gasteiger partial charge < -0.3 is 15.7 Å². The summed E-state index contributed by atoms with van der Waals surface area (Å²) in [6.45, 7) is 2.18. The first-order valence-corrected chi connectivity index (χ1v) is 7.63. The third-order valence-electron chi connectivity index (χ3n) is 4.11. The fourth-order valence-corrected chi connectivity index (χ4v) is 2.64. The Morgan fingerprint density at radius 1 is 1.27 bits per heavy atom. The molecule has 122 valence electrons. The van der Waals surface area contributed by atoms with Crippen LogP contribution in [0.15, 0.2) is 18.2 Å². The van der Waals surface area contributed by atoms with E-state index in [0.29, 0.717) is 24.9 Å². The Balaban J connectivity index is 1.76. The van der Waals surface area contributed by atoms with Gasteiger partial charge in [-0.2, -0.15) is 0 Å². The SMILES string of the molecule is CC(CNC(=O)NC1CCC(O)CC1)c1ccc(F)c(F)c1. The van der Waals surface area contributed by atoms with Gasteiger partial charge in [-0.15, -0.1) is 0 Å². The number of hydrogen-bond acceptors (Lipinski definition) is 2. The van der Waals surface area contributed by atoms with Gasteiger partial charge in [0, 0.05) is 12.6 Å². The molecule has 22 heavy (non-hydrogen) atoms. The third-order valence-corrected chi connectivity index (χ3v) is 4.11. The second-order valence-electron chi connectivity index (χ2n) is 5.93. The van der Waals surface area contributed by atoms with Gasteiger partial charge in [0.2, 0.25) is 0 Å². The number of benzene rings is 1. The smallest absolute Gasteiger partial charge is 0.315 e. The maximum atomic E-state index is 13.2. The lowest BCUT2D eigenvalue weighted by atomic mass is 9.93. The van der Waals surface area contributed by atoms with E-state index in [9.17, 15) is 18.7 Å². The van der Waals surface area contributed by atoms with Gasteiger partial charge in [0.15, 0.2) is 11.6 Å². The first-order valence-electron chi connectivity index (χ1n) is 7.63. The molecule has 3 N–H and O–H groups in total. The normalized spacial score (nSPS) is 22.9. The van der Waals surface area contributed by atoms with Crippen LogP contribution in [0.25, 0.3) is 0 Å². The Morgan fingerprint density at radius 2 is 1.95 bits per heavy atom. The van der Waals surface area contributed by atoms with Gasteiger partial charge in [-0.05, 0) is 49.3 Å². The number of urea groups is 1. The molecule has 1 atom stereocenters. The van der Waals surface area contributed by atoms with E-state index in [2.05, 4.69) is 10.6 Å². The van der Waals surface area contributed by atoms with Gasteiger partial charge in [-0.1, -0.05) is 13.0 Å². The van der Waals surface area contributed by atoms with Gasteiger partial charge in [0.25, 0.3) is 0 Å². The van der Waals surface area contributed by atoms with Gasteiger partial charge in [0.05, 0.1) is 6.10 Å². The van der Waals surface area contributed by atoms with Crippen LogP contribution < -0.4 is 10.6 Å². The second kappa shape index (κ2) is 7.54. The minimum atomic E-state index is -0.880. The lowest BCUT2D eigenvalue weighted by Crippen LogP contribution is -2.45. The minimum Gasteiger partial charge on any atom is -0.393 e. The molecule has 1 saturated carbocycles. The number of hydrogen-bond donors (Lipinski definition) is 3. The molecule has 0 aromatic heterocycles. The van der Waals surface area contributed by atoms with Crippen LogP contribution in [0.3, 0.4) is 0 Å². The largest absolute Gasteiger partial charge is 0.393 e. The van der Waals surface area contributed by atoms with E-state index in [1.807, 2.05) is 6.92 Å². The van der Waals surface area contributed by atoms with E-state index in [4.69, 9.17) is 0 Å². The molecular formula is C16H22F2N2O2. The average molecular weight is 312 g/mol. The maximum absolute atomic E-state index is 13.2. The zero-order chi connectivity index (χ0) is 16.1. The van der Waals surface area contributed by atoms with Crippen LogP contribution in [-0.4, -0.2) is 29.8 Å². The van der Waals surface area contributed by atoms with Crippen molar-refractivity contribution in [2.75, 3.05) is 6.54 Å². The summed E-state index contributed by atoms with van der Waals surface area (Å²) in [6.07, 6.45) is 2.70. The minimum absolute atomic E-state index is 0.0852. The van der Waals surface area contributed by atoms with Crippen molar-refractivity contribution in [1.82, 2.24) is 10.6 Å². The third kappa shape index (κ3) is 4.66. The molecule has 1 unspecified atom stereocenters. The maximum Gasteiger partial charge on any atom is 0.315 e. The number of halogens is 2.